The first-order chi connectivity index (χ1) is 14.2. The summed E-state index contributed by atoms with van der Waals surface area (Å²) in [6.07, 6.45) is 3.16. The zero-order valence-electron chi connectivity index (χ0n) is 15.4. The van der Waals surface area contributed by atoms with Crippen LogP contribution in [0.2, 0.25) is 0 Å². The van der Waals surface area contributed by atoms with Gasteiger partial charge < -0.3 is 9.72 Å². The van der Waals surface area contributed by atoms with Gasteiger partial charge in [0.15, 0.2) is 0 Å². The highest BCUT2D eigenvalue weighted by Gasteiger charge is 2.04. The molecular formula is C23H18FN3O2. The molecule has 5 nitrogen and oxygen atoms in total. The first kappa shape index (κ1) is 18.4. The normalized spacial score (nSPS) is 11.1. The third kappa shape index (κ3) is 4.87. The second-order valence-electron chi connectivity index (χ2n) is 6.41. The molecule has 4 aromatic rings. The summed E-state index contributed by atoms with van der Waals surface area (Å²) in [6.45, 7) is 0.357. The van der Waals surface area contributed by atoms with Gasteiger partial charge in [0.05, 0.1) is 11.0 Å². The lowest BCUT2D eigenvalue weighted by Crippen LogP contribution is -2.08. The van der Waals surface area contributed by atoms with Gasteiger partial charge in [0.1, 0.15) is 18.2 Å². The number of para-hydroxylation sites is 2. The molecule has 0 saturated carbocycles. The maximum absolute atomic E-state index is 12.9. The monoisotopic (exact) mass is 387 g/mol. The van der Waals surface area contributed by atoms with Crippen molar-refractivity contribution in [2.45, 2.75) is 6.61 Å². The minimum Gasteiger partial charge on any atom is -0.489 e. The van der Waals surface area contributed by atoms with Crippen molar-refractivity contribution in [3.05, 3.63) is 95.8 Å². The molecule has 0 aliphatic carbocycles. The van der Waals surface area contributed by atoms with E-state index in [1.165, 1.54) is 18.2 Å². The van der Waals surface area contributed by atoms with Crippen LogP contribution in [-0.2, 0) is 11.4 Å². The highest BCUT2D eigenvalue weighted by atomic mass is 19.1. The summed E-state index contributed by atoms with van der Waals surface area (Å²) >= 11 is 0. The molecule has 0 aliphatic rings. The molecule has 2 N–H and O–H groups in total. The number of carbonyl (C=O) groups excluding carboxylic acids is 1. The number of nitrogens with one attached hydrogen (secondary N) is 2. The largest absolute Gasteiger partial charge is 0.489 e. The summed E-state index contributed by atoms with van der Waals surface area (Å²) in [5, 5.41) is 2.71. The van der Waals surface area contributed by atoms with Crippen molar-refractivity contribution in [2.24, 2.45) is 0 Å². The number of aromatic amines is 1. The zero-order chi connectivity index (χ0) is 20.1. The summed E-state index contributed by atoms with van der Waals surface area (Å²) in [6, 6.07) is 21.1. The summed E-state index contributed by atoms with van der Waals surface area (Å²) in [7, 11) is 0. The van der Waals surface area contributed by atoms with Gasteiger partial charge in [-0.05, 0) is 53.6 Å². The van der Waals surface area contributed by atoms with Crippen molar-refractivity contribution in [2.75, 3.05) is 5.32 Å². The van der Waals surface area contributed by atoms with Gasteiger partial charge in [0.2, 0.25) is 5.95 Å². The van der Waals surface area contributed by atoms with Crippen LogP contribution in [0.15, 0.2) is 78.9 Å². The molecule has 0 saturated heterocycles. The molecule has 4 rings (SSSR count). The Bertz CT molecular complexity index is 1120. The number of hydrogen-bond donors (Lipinski definition) is 2. The number of fused-ring (bicyclic) bond motifs is 1. The molecule has 1 amide bonds. The quantitative estimate of drug-likeness (QED) is 0.461. The van der Waals surface area contributed by atoms with Crippen molar-refractivity contribution in [3.8, 4) is 5.75 Å². The van der Waals surface area contributed by atoms with Gasteiger partial charge in [0, 0.05) is 6.08 Å². The van der Waals surface area contributed by atoms with Gasteiger partial charge in [-0.2, -0.15) is 0 Å². The first-order valence-corrected chi connectivity index (χ1v) is 9.07. The maximum atomic E-state index is 12.9. The van der Waals surface area contributed by atoms with Crippen LogP contribution in [0.3, 0.4) is 0 Å². The molecular weight excluding hydrogens is 369 g/mol. The second kappa shape index (κ2) is 8.39. The van der Waals surface area contributed by atoms with Crippen molar-refractivity contribution in [3.63, 3.8) is 0 Å². The second-order valence-corrected chi connectivity index (χ2v) is 6.41. The minimum absolute atomic E-state index is 0.269. The Morgan fingerprint density at radius 3 is 2.55 bits per heavy atom. The van der Waals surface area contributed by atoms with E-state index < -0.39 is 0 Å². The van der Waals surface area contributed by atoms with E-state index in [1.807, 2.05) is 48.5 Å². The van der Waals surface area contributed by atoms with E-state index in [1.54, 1.807) is 18.2 Å². The Balaban J connectivity index is 1.32. The average molecular weight is 387 g/mol. The number of benzene rings is 3. The molecule has 1 heterocycles. The number of carbonyl (C=O) groups is 1. The highest BCUT2D eigenvalue weighted by Crippen LogP contribution is 2.16. The zero-order valence-corrected chi connectivity index (χ0v) is 15.4. The van der Waals surface area contributed by atoms with Crippen LogP contribution in [0.4, 0.5) is 10.3 Å². The van der Waals surface area contributed by atoms with Crippen molar-refractivity contribution in [1.29, 1.82) is 0 Å². The lowest BCUT2D eigenvalue weighted by atomic mass is 10.2. The standard InChI is InChI=1S/C23H18FN3O2/c24-18-10-5-17(6-11-18)15-29-19-12-7-16(8-13-19)9-14-22(28)27-23-25-20-3-1-2-4-21(20)26-23/h1-14H,15H2,(H2,25,26,27,28)/b14-9+. The van der Waals surface area contributed by atoms with Crippen molar-refractivity contribution in [1.82, 2.24) is 9.97 Å². The molecule has 6 heteroatoms. The molecule has 3 aromatic carbocycles. The highest BCUT2D eigenvalue weighted by molar-refractivity contribution is 6.01. The molecule has 0 aliphatic heterocycles. The van der Waals surface area contributed by atoms with Crippen LogP contribution in [0.1, 0.15) is 11.1 Å². The fraction of sp³-hybridized carbons (Fsp3) is 0.0435. The van der Waals surface area contributed by atoms with Gasteiger partial charge >= 0.3 is 0 Å². The van der Waals surface area contributed by atoms with E-state index >= 15 is 0 Å². The van der Waals surface area contributed by atoms with E-state index in [9.17, 15) is 9.18 Å². The summed E-state index contributed by atoms with van der Waals surface area (Å²) in [4.78, 5) is 19.5. The smallest absolute Gasteiger partial charge is 0.250 e. The number of aromatic nitrogens is 2. The predicted molar refractivity (Wildman–Crippen MR) is 111 cm³/mol. The molecule has 29 heavy (non-hydrogen) atoms. The Kier molecular flexibility index (Phi) is 5.33. The van der Waals surface area contributed by atoms with Crippen molar-refractivity contribution >= 4 is 29.0 Å². The Hall–Kier alpha value is -3.93. The molecule has 0 spiro atoms. The number of anilines is 1. The predicted octanol–water partition coefficient (Wildman–Crippen LogP) is 4.93. The van der Waals surface area contributed by atoms with Gasteiger partial charge in [0.25, 0.3) is 5.91 Å². The van der Waals surface area contributed by atoms with Crippen LogP contribution >= 0.6 is 0 Å². The average Bonchev–Trinajstić information content (AvgIpc) is 3.15. The number of nitrogens with zero attached hydrogens (tertiary/aromatic N) is 1. The lowest BCUT2D eigenvalue weighted by Gasteiger charge is -2.06. The Morgan fingerprint density at radius 1 is 1.03 bits per heavy atom. The summed E-state index contributed by atoms with van der Waals surface area (Å²) in [5.74, 6) is 0.554. The van der Waals surface area contributed by atoms with Gasteiger partial charge in [-0.15, -0.1) is 0 Å². The van der Waals surface area contributed by atoms with E-state index in [0.717, 1.165) is 22.2 Å². The van der Waals surface area contributed by atoms with E-state index in [4.69, 9.17) is 4.74 Å². The number of H-pyrrole nitrogens is 1. The topological polar surface area (TPSA) is 67.0 Å². The SMILES string of the molecule is O=C(/C=C/c1ccc(OCc2ccc(F)cc2)cc1)Nc1nc2ccccc2[nH]1. The number of amides is 1. The third-order valence-electron chi connectivity index (χ3n) is 4.26. The van der Waals surface area contributed by atoms with Crippen molar-refractivity contribution < 1.29 is 13.9 Å². The lowest BCUT2D eigenvalue weighted by molar-refractivity contribution is -0.111. The number of ether oxygens (including phenoxy) is 1. The van der Waals surface area contributed by atoms with E-state index in [0.29, 0.717) is 18.3 Å². The van der Waals surface area contributed by atoms with Crippen LogP contribution in [0.5, 0.6) is 5.75 Å². The number of imidazole rings is 1. The molecule has 0 unspecified atom stereocenters. The molecule has 0 radical (unpaired) electrons. The Morgan fingerprint density at radius 2 is 1.79 bits per heavy atom. The van der Waals surface area contributed by atoms with Crippen LogP contribution in [0, 0.1) is 5.82 Å². The van der Waals surface area contributed by atoms with Gasteiger partial charge in [-0.3, -0.25) is 10.1 Å². The fourth-order valence-corrected chi connectivity index (χ4v) is 2.76. The van der Waals surface area contributed by atoms with E-state index in [-0.39, 0.29) is 11.7 Å². The maximum Gasteiger partial charge on any atom is 0.250 e. The van der Waals surface area contributed by atoms with Crippen LogP contribution in [0.25, 0.3) is 17.1 Å². The molecule has 144 valence electrons. The fourth-order valence-electron chi connectivity index (χ4n) is 2.76. The minimum atomic E-state index is -0.277. The molecule has 0 fully saturated rings. The number of hydrogen-bond acceptors (Lipinski definition) is 3. The van der Waals surface area contributed by atoms with Gasteiger partial charge in [-0.25, -0.2) is 9.37 Å². The van der Waals surface area contributed by atoms with Crippen LogP contribution < -0.4 is 10.1 Å². The summed E-state index contributed by atoms with van der Waals surface area (Å²) in [5.41, 5.74) is 3.41. The van der Waals surface area contributed by atoms with Crippen LogP contribution in [-0.4, -0.2) is 15.9 Å². The first-order valence-electron chi connectivity index (χ1n) is 9.07. The molecule has 0 atom stereocenters. The molecule has 0 bridgehead atoms. The molecule has 1 aromatic heterocycles. The Labute approximate surface area is 166 Å². The summed E-state index contributed by atoms with van der Waals surface area (Å²) < 4.78 is 18.6. The third-order valence-corrected chi connectivity index (χ3v) is 4.26. The van der Waals surface area contributed by atoms with Gasteiger partial charge in [-0.1, -0.05) is 36.4 Å². The number of halogens is 1. The van der Waals surface area contributed by atoms with E-state index in [2.05, 4.69) is 15.3 Å². The number of rotatable bonds is 6.